The van der Waals surface area contributed by atoms with E-state index in [1.165, 1.54) is 41.9 Å². The van der Waals surface area contributed by atoms with E-state index in [1.54, 1.807) is 0 Å². The lowest BCUT2D eigenvalue weighted by Gasteiger charge is -2.08. The molecule has 0 aliphatic rings. The van der Waals surface area contributed by atoms with Crippen molar-refractivity contribution in [2.24, 2.45) is 0 Å². The molecule has 3 heterocycles. The lowest BCUT2D eigenvalue weighted by Crippen LogP contribution is -2.33. The average molecular weight is 495 g/mol. The first-order valence-electron chi connectivity index (χ1n) is 10.4. The third-order valence-electron chi connectivity index (χ3n) is 5.38. The number of amides is 1. The Hall–Kier alpha value is -4.18. The summed E-state index contributed by atoms with van der Waals surface area (Å²) in [6.07, 6.45) is -3.29. The number of alkyl halides is 3. The smallest absolute Gasteiger partial charge is 0.416 e. The molecule has 6 nitrogen and oxygen atoms in total. The minimum absolute atomic E-state index is 0.0852. The molecule has 176 valence electrons. The van der Waals surface area contributed by atoms with Crippen LogP contribution in [0.1, 0.15) is 21.0 Å². The van der Waals surface area contributed by atoms with Crippen LogP contribution in [0.2, 0.25) is 0 Å². The number of thiophene rings is 1. The van der Waals surface area contributed by atoms with Crippen LogP contribution < -0.4 is 11.0 Å². The first kappa shape index (κ1) is 22.6. The zero-order valence-corrected chi connectivity index (χ0v) is 18.9. The van der Waals surface area contributed by atoms with Gasteiger partial charge in [0.25, 0.3) is 5.56 Å². The molecular formula is C25H16F3N3O3S. The van der Waals surface area contributed by atoms with Crippen LogP contribution in [0.25, 0.3) is 32.7 Å². The second-order valence-corrected chi connectivity index (χ2v) is 8.89. The summed E-state index contributed by atoms with van der Waals surface area (Å²) in [5.74, 6) is -0.837. The number of rotatable bonds is 4. The highest BCUT2D eigenvalue weighted by Crippen LogP contribution is 2.35. The van der Waals surface area contributed by atoms with Gasteiger partial charge in [-0.1, -0.05) is 42.5 Å². The Morgan fingerprint density at radius 1 is 1.03 bits per heavy atom. The van der Waals surface area contributed by atoms with E-state index in [0.29, 0.717) is 10.2 Å². The first-order valence-corrected chi connectivity index (χ1v) is 11.2. The molecule has 0 radical (unpaired) electrons. The second kappa shape index (κ2) is 8.55. The van der Waals surface area contributed by atoms with E-state index >= 15 is 0 Å². The van der Waals surface area contributed by atoms with Crippen LogP contribution in [0.4, 0.5) is 13.2 Å². The molecule has 2 aromatic carbocycles. The fraction of sp³-hybridized carbons (Fsp3) is 0.0800. The largest absolute Gasteiger partial charge is 0.451 e. The van der Waals surface area contributed by atoms with Crippen LogP contribution in [0.5, 0.6) is 0 Å². The Kier molecular flexibility index (Phi) is 5.52. The molecule has 0 aliphatic heterocycles. The van der Waals surface area contributed by atoms with Crippen molar-refractivity contribution in [3.8, 4) is 22.5 Å². The number of halogens is 3. The van der Waals surface area contributed by atoms with Crippen LogP contribution in [-0.4, -0.2) is 15.6 Å². The molecule has 0 saturated carbocycles. The maximum atomic E-state index is 13.2. The van der Waals surface area contributed by atoms with E-state index in [0.717, 1.165) is 32.8 Å². The van der Waals surface area contributed by atoms with Gasteiger partial charge < -0.3 is 4.42 Å². The quantitative estimate of drug-likeness (QED) is 0.327. The van der Waals surface area contributed by atoms with E-state index in [4.69, 9.17) is 4.42 Å². The standard InChI is InChI=1S/C25H16F3N3O3S/c1-14-20(15-6-3-2-4-7-15)21-23(35-14)29-13-31(24(21)33)30-22(32)19-11-10-18(34-19)16-8-5-9-17(12-16)25(26,27)28/h2-13H,1H3,(H,30,32). The molecule has 35 heavy (non-hydrogen) atoms. The average Bonchev–Trinajstić information content (AvgIpc) is 3.46. The van der Waals surface area contributed by atoms with Crippen molar-refractivity contribution in [1.29, 1.82) is 0 Å². The molecule has 0 saturated heterocycles. The van der Waals surface area contributed by atoms with E-state index in [2.05, 4.69) is 10.4 Å². The van der Waals surface area contributed by atoms with Crippen LogP contribution in [0.3, 0.4) is 0 Å². The van der Waals surface area contributed by atoms with Crippen molar-refractivity contribution < 1.29 is 22.4 Å². The zero-order chi connectivity index (χ0) is 24.7. The maximum Gasteiger partial charge on any atom is 0.416 e. The lowest BCUT2D eigenvalue weighted by molar-refractivity contribution is -0.137. The number of furan rings is 1. The first-order chi connectivity index (χ1) is 16.7. The maximum absolute atomic E-state index is 13.2. The second-order valence-electron chi connectivity index (χ2n) is 7.68. The number of fused-ring (bicyclic) bond motifs is 1. The van der Waals surface area contributed by atoms with Crippen molar-refractivity contribution in [2.75, 3.05) is 5.43 Å². The molecule has 0 unspecified atom stereocenters. The molecule has 0 atom stereocenters. The summed E-state index contributed by atoms with van der Waals surface area (Å²) in [6, 6.07) is 16.7. The molecule has 3 aromatic heterocycles. The van der Waals surface area contributed by atoms with Gasteiger partial charge in [-0.25, -0.2) is 9.66 Å². The number of aromatic nitrogens is 2. The van der Waals surface area contributed by atoms with Crippen molar-refractivity contribution >= 4 is 27.5 Å². The normalized spacial score (nSPS) is 11.7. The van der Waals surface area contributed by atoms with E-state index < -0.39 is 23.2 Å². The molecule has 0 spiro atoms. The summed E-state index contributed by atoms with van der Waals surface area (Å²) in [5.41, 5.74) is 2.92. The van der Waals surface area contributed by atoms with Crippen molar-refractivity contribution in [1.82, 2.24) is 9.66 Å². The van der Waals surface area contributed by atoms with Crippen molar-refractivity contribution in [3.05, 3.63) is 99.6 Å². The molecule has 0 fully saturated rings. The summed E-state index contributed by atoms with van der Waals surface area (Å²) in [7, 11) is 0. The summed E-state index contributed by atoms with van der Waals surface area (Å²) >= 11 is 1.38. The van der Waals surface area contributed by atoms with Crippen LogP contribution in [-0.2, 0) is 6.18 Å². The van der Waals surface area contributed by atoms with Gasteiger partial charge in [-0.05, 0) is 36.8 Å². The minimum Gasteiger partial charge on any atom is -0.451 e. The highest BCUT2D eigenvalue weighted by atomic mass is 32.1. The lowest BCUT2D eigenvalue weighted by atomic mass is 10.0. The van der Waals surface area contributed by atoms with Crippen molar-refractivity contribution in [3.63, 3.8) is 0 Å². The number of hydrogen-bond donors (Lipinski definition) is 1. The van der Waals surface area contributed by atoms with Gasteiger partial charge >= 0.3 is 12.1 Å². The van der Waals surface area contributed by atoms with Crippen LogP contribution in [0, 0.1) is 6.92 Å². The van der Waals surface area contributed by atoms with Gasteiger partial charge in [0.1, 0.15) is 16.9 Å². The number of nitrogens with zero attached hydrogens (tertiary/aromatic N) is 2. The molecular weight excluding hydrogens is 479 g/mol. The van der Waals surface area contributed by atoms with Crippen molar-refractivity contribution in [2.45, 2.75) is 13.1 Å². The van der Waals surface area contributed by atoms with E-state index in [1.807, 2.05) is 37.3 Å². The third kappa shape index (κ3) is 4.24. The van der Waals surface area contributed by atoms with Gasteiger partial charge in [-0.2, -0.15) is 13.2 Å². The van der Waals surface area contributed by atoms with Gasteiger partial charge in [0.2, 0.25) is 0 Å². The highest BCUT2D eigenvalue weighted by Gasteiger charge is 2.30. The molecule has 1 amide bonds. The topological polar surface area (TPSA) is 77.1 Å². The number of carbonyl (C=O) groups is 1. The Bertz CT molecular complexity index is 1620. The Labute approximate surface area is 200 Å². The van der Waals surface area contributed by atoms with Crippen LogP contribution in [0.15, 0.2) is 82.3 Å². The zero-order valence-electron chi connectivity index (χ0n) is 18.1. The fourth-order valence-corrected chi connectivity index (χ4v) is 4.77. The van der Waals surface area contributed by atoms with Gasteiger partial charge in [-0.3, -0.25) is 15.0 Å². The van der Waals surface area contributed by atoms with Gasteiger partial charge in [-0.15, -0.1) is 11.3 Å². The number of aryl methyl sites for hydroxylation is 1. The highest BCUT2D eigenvalue weighted by molar-refractivity contribution is 7.19. The molecule has 0 aliphatic carbocycles. The molecule has 1 N–H and O–H groups in total. The molecule has 5 aromatic rings. The Morgan fingerprint density at radius 2 is 1.77 bits per heavy atom. The predicted molar refractivity (Wildman–Crippen MR) is 127 cm³/mol. The molecule has 0 bridgehead atoms. The van der Waals surface area contributed by atoms with Gasteiger partial charge in [0.15, 0.2) is 5.76 Å². The SMILES string of the molecule is Cc1sc2ncn(NC(=O)c3ccc(-c4cccc(C(F)(F)F)c4)o3)c(=O)c2c1-c1ccccc1. The molecule has 10 heteroatoms. The monoisotopic (exact) mass is 495 g/mol. The number of benzene rings is 2. The third-order valence-corrected chi connectivity index (χ3v) is 6.39. The summed E-state index contributed by atoms with van der Waals surface area (Å²) in [5, 5.41) is 0.380. The van der Waals surface area contributed by atoms with Gasteiger partial charge in [0.05, 0.1) is 10.9 Å². The fourth-order valence-electron chi connectivity index (χ4n) is 3.76. The summed E-state index contributed by atoms with van der Waals surface area (Å²) < 4.78 is 45.5. The van der Waals surface area contributed by atoms with Gasteiger partial charge in [0, 0.05) is 16.0 Å². The molecule has 5 rings (SSSR count). The summed E-state index contributed by atoms with van der Waals surface area (Å²) in [6.45, 7) is 1.90. The minimum atomic E-state index is -4.51. The van der Waals surface area contributed by atoms with E-state index in [-0.39, 0.29) is 17.1 Å². The van der Waals surface area contributed by atoms with Crippen LogP contribution >= 0.6 is 11.3 Å². The number of nitrogens with one attached hydrogen (secondary N) is 1. The number of carbonyl (C=O) groups excluding carboxylic acids is 1. The van der Waals surface area contributed by atoms with E-state index in [9.17, 15) is 22.8 Å². The predicted octanol–water partition coefficient (Wildman–Crippen LogP) is 6.10. The Morgan fingerprint density at radius 3 is 2.51 bits per heavy atom. The Balaban J connectivity index is 1.46. The number of hydrogen-bond acceptors (Lipinski definition) is 5. The summed E-state index contributed by atoms with van der Waals surface area (Å²) in [4.78, 5) is 31.8.